The van der Waals surface area contributed by atoms with E-state index in [2.05, 4.69) is 56.2 Å². The highest BCUT2D eigenvalue weighted by atomic mass is 32.1. The summed E-state index contributed by atoms with van der Waals surface area (Å²) in [6.45, 7) is 7.36. The monoisotopic (exact) mass is 260 g/mol. The van der Waals surface area contributed by atoms with E-state index in [1.165, 1.54) is 16.8 Å². The molecule has 2 aromatic rings. The van der Waals surface area contributed by atoms with Crippen molar-refractivity contribution < 1.29 is 0 Å². The molecule has 0 spiro atoms. The maximum absolute atomic E-state index is 5.39. The first-order valence-corrected chi connectivity index (χ1v) is 6.79. The third-order valence-corrected chi connectivity index (χ3v) is 3.23. The van der Waals surface area contributed by atoms with Crippen LogP contribution in [0.25, 0.3) is 0 Å². The summed E-state index contributed by atoms with van der Waals surface area (Å²) in [5, 5.41) is 3.39. The van der Waals surface area contributed by atoms with Crippen molar-refractivity contribution in [3.63, 3.8) is 0 Å². The molecule has 0 fully saturated rings. The first kappa shape index (κ1) is 13.1. The molecule has 96 valence electrons. The number of benzene rings is 1. The molecular formula is C15H20N2S. The van der Waals surface area contributed by atoms with Gasteiger partial charge in [-0.25, -0.2) is 0 Å². The minimum atomic E-state index is 0.644. The number of nitrogens with zero attached hydrogens (tertiary/aromatic N) is 1. The summed E-state index contributed by atoms with van der Waals surface area (Å²) in [5.41, 5.74) is 3.79. The lowest BCUT2D eigenvalue weighted by Crippen LogP contribution is -2.03. The predicted molar refractivity (Wildman–Crippen MR) is 78.4 cm³/mol. The molecular weight excluding hydrogens is 240 g/mol. The largest absolute Gasteiger partial charge is 0.301 e. The van der Waals surface area contributed by atoms with Crippen LogP contribution in [0, 0.1) is 17.5 Å². The fourth-order valence-corrected chi connectivity index (χ4v) is 2.40. The normalized spacial score (nSPS) is 11.1. The van der Waals surface area contributed by atoms with Crippen molar-refractivity contribution in [2.24, 2.45) is 5.92 Å². The molecule has 18 heavy (non-hydrogen) atoms. The second kappa shape index (κ2) is 5.53. The van der Waals surface area contributed by atoms with E-state index in [0.29, 0.717) is 5.92 Å². The fourth-order valence-electron chi connectivity index (χ4n) is 2.14. The van der Waals surface area contributed by atoms with Crippen LogP contribution in [0.4, 0.5) is 0 Å². The smallest absolute Gasteiger partial charge is 0.122 e. The van der Waals surface area contributed by atoms with Crippen molar-refractivity contribution in [1.82, 2.24) is 9.78 Å². The average molecular weight is 260 g/mol. The molecule has 0 atom stereocenters. The Bertz CT molecular complexity index is 578. The van der Waals surface area contributed by atoms with Gasteiger partial charge in [0.25, 0.3) is 0 Å². The fraction of sp³-hybridized carbons (Fsp3) is 0.400. The van der Waals surface area contributed by atoms with Crippen molar-refractivity contribution in [2.75, 3.05) is 0 Å². The molecule has 2 nitrogen and oxygen atoms in total. The molecule has 3 heteroatoms. The number of rotatable bonds is 4. The van der Waals surface area contributed by atoms with Crippen molar-refractivity contribution in [2.45, 2.75) is 33.7 Å². The maximum Gasteiger partial charge on any atom is 0.122 e. The van der Waals surface area contributed by atoms with Gasteiger partial charge in [-0.3, -0.25) is 4.68 Å². The summed E-state index contributed by atoms with van der Waals surface area (Å²) in [5.74, 6) is 0.644. The summed E-state index contributed by atoms with van der Waals surface area (Å²) in [6.07, 6.45) is 1.05. The molecule has 1 aromatic carbocycles. The summed E-state index contributed by atoms with van der Waals surface area (Å²) in [7, 11) is 0. The zero-order valence-corrected chi connectivity index (χ0v) is 12.1. The van der Waals surface area contributed by atoms with E-state index in [-0.39, 0.29) is 0 Å². The van der Waals surface area contributed by atoms with Gasteiger partial charge < -0.3 is 5.10 Å². The number of hydrogen-bond acceptors (Lipinski definition) is 1. The summed E-state index contributed by atoms with van der Waals surface area (Å²) >= 11 is 5.39. The van der Waals surface area contributed by atoms with E-state index < -0.39 is 0 Å². The van der Waals surface area contributed by atoms with E-state index in [1.54, 1.807) is 0 Å². The van der Waals surface area contributed by atoms with Crippen LogP contribution in [0.3, 0.4) is 0 Å². The number of hydrogen-bond donors (Lipinski definition) is 1. The highest BCUT2D eigenvalue weighted by Crippen LogP contribution is 2.10. The lowest BCUT2D eigenvalue weighted by atomic mass is 10.1. The molecule has 0 amide bonds. The second-order valence-electron chi connectivity index (χ2n) is 5.29. The van der Waals surface area contributed by atoms with Gasteiger partial charge in [-0.15, -0.1) is 0 Å². The number of aromatic nitrogens is 2. The Kier molecular flexibility index (Phi) is 4.02. The van der Waals surface area contributed by atoms with Gasteiger partial charge in [0.2, 0.25) is 0 Å². The van der Waals surface area contributed by atoms with Crippen LogP contribution in [0.2, 0.25) is 0 Å². The van der Waals surface area contributed by atoms with E-state index in [4.69, 9.17) is 12.2 Å². The average Bonchev–Trinajstić information content (AvgIpc) is 2.58. The van der Waals surface area contributed by atoms with Crippen LogP contribution in [0.5, 0.6) is 0 Å². The summed E-state index contributed by atoms with van der Waals surface area (Å²) < 4.78 is 2.93. The Hall–Kier alpha value is -1.35. The standard InChI is InChI=1S/C15H20N2S/c1-11(2)7-14-9-15(18)17(16-14)10-13-6-4-5-12(3)8-13/h4-6,8-9,11,16H,7,10H2,1-3H3. The van der Waals surface area contributed by atoms with Gasteiger partial charge in [-0.05, 0) is 30.9 Å². The Balaban J connectivity index is 2.19. The van der Waals surface area contributed by atoms with E-state index in [9.17, 15) is 0 Å². The molecule has 0 unspecified atom stereocenters. The van der Waals surface area contributed by atoms with Gasteiger partial charge in [0.05, 0.1) is 6.54 Å². The number of nitrogens with one attached hydrogen (secondary N) is 1. The number of aromatic amines is 1. The third kappa shape index (κ3) is 3.33. The van der Waals surface area contributed by atoms with E-state index in [1.807, 2.05) is 4.68 Å². The van der Waals surface area contributed by atoms with Crippen molar-refractivity contribution in [3.05, 3.63) is 51.8 Å². The van der Waals surface area contributed by atoms with Crippen LogP contribution in [-0.4, -0.2) is 9.78 Å². The maximum atomic E-state index is 5.39. The molecule has 2 rings (SSSR count). The molecule has 0 aliphatic carbocycles. The van der Waals surface area contributed by atoms with Crippen molar-refractivity contribution in [3.8, 4) is 0 Å². The van der Waals surface area contributed by atoms with Gasteiger partial charge in [0.15, 0.2) is 0 Å². The molecule has 0 radical (unpaired) electrons. The zero-order chi connectivity index (χ0) is 13.1. The van der Waals surface area contributed by atoms with Gasteiger partial charge in [-0.2, -0.15) is 0 Å². The minimum Gasteiger partial charge on any atom is -0.301 e. The lowest BCUT2D eigenvalue weighted by molar-refractivity contribution is 0.606. The summed E-state index contributed by atoms with van der Waals surface area (Å²) in [6, 6.07) is 10.6. The van der Waals surface area contributed by atoms with Crippen LogP contribution >= 0.6 is 12.2 Å². The molecule has 1 aromatic heterocycles. The first-order chi connectivity index (χ1) is 8.54. The Labute approximate surface area is 114 Å². The predicted octanol–water partition coefficient (Wildman–Crippen LogP) is 4.10. The Morgan fingerprint density at radius 1 is 1.28 bits per heavy atom. The summed E-state index contributed by atoms with van der Waals surface area (Å²) in [4.78, 5) is 0. The molecule has 1 N–H and O–H groups in total. The van der Waals surface area contributed by atoms with E-state index in [0.717, 1.165) is 17.6 Å². The Morgan fingerprint density at radius 3 is 2.72 bits per heavy atom. The van der Waals surface area contributed by atoms with Crippen LogP contribution in [0.15, 0.2) is 30.3 Å². The minimum absolute atomic E-state index is 0.644. The number of H-pyrrole nitrogens is 1. The van der Waals surface area contributed by atoms with Gasteiger partial charge in [0, 0.05) is 5.69 Å². The van der Waals surface area contributed by atoms with E-state index >= 15 is 0 Å². The number of aryl methyl sites for hydroxylation is 1. The van der Waals surface area contributed by atoms with Crippen LogP contribution in [-0.2, 0) is 13.0 Å². The molecule has 0 aliphatic heterocycles. The molecule has 0 saturated carbocycles. The van der Waals surface area contributed by atoms with Crippen LogP contribution in [0.1, 0.15) is 30.7 Å². The molecule has 0 bridgehead atoms. The molecule has 0 saturated heterocycles. The lowest BCUT2D eigenvalue weighted by Gasteiger charge is -2.05. The van der Waals surface area contributed by atoms with Crippen LogP contribution < -0.4 is 0 Å². The zero-order valence-electron chi connectivity index (χ0n) is 11.2. The second-order valence-corrected chi connectivity index (χ2v) is 5.71. The van der Waals surface area contributed by atoms with Gasteiger partial charge in [-0.1, -0.05) is 55.9 Å². The van der Waals surface area contributed by atoms with Gasteiger partial charge in [0.1, 0.15) is 4.64 Å². The topological polar surface area (TPSA) is 20.7 Å². The quantitative estimate of drug-likeness (QED) is 0.821. The molecule has 1 heterocycles. The van der Waals surface area contributed by atoms with Gasteiger partial charge >= 0.3 is 0 Å². The Morgan fingerprint density at radius 2 is 2.06 bits per heavy atom. The van der Waals surface area contributed by atoms with Crippen molar-refractivity contribution in [1.29, 1.82) is 0 Å². The highest BCUT2D eigenvalue weighted by Gasteiger charge is 2.03. The third-order valence-electron chi connectivity index (χ3n) is 2.89. The highest BCUT2D eigenvalue weighted by molar-refractivity contribution is 7.71. The SMILES string of the molecule is Cc1cccc(Cn2[nH]c(CC(C)C)cc2=S)c1. The first-order valence-electron chi connectivity index (χ1n) is 6.39. The molecule has 0 aliphatic rings. The van der Waals surface area contributed by atoms with Crippen molar-refractivity contribution >= 4 is 12.2 Å².